The molecule has 3 saturated carbocycles. The number of ketones is 1. The molecule has 0 N–H and O–H groups in total. The molecule has 5 rings (SSSR count). The fraction of sp³-hybridized carbons (Fsp3) is 0.902. The van der Waals surface area contributed by atoms with Gasteiger partial charge >= 0.3 is 5.97 Å². The third kappa shape index (κ3) is 5.52. The zero-order valence-corrected chi connectivity index (χ0v) is 32.0. The van der Waals surface area contributed by atoms with Crippen molar-refractivity contribution >= 4 is 11.8 Å². The molecule has 0 aromatic rings. The van der Waals surface area contributed by atoms with Crippen LogP contribution in [0.3, 0.4) is 0 Å². The van der Waals surface area contributed by atoms with Crippen LogP contribution >= 0.6 is 0 Å². The third-order valence-corrected chi connectivity index (χ3v) is 15.4. The van der Waals surface area contributed by atoms with Crippen molar-refractivity contribution in [3.05, 3.63) is 11.6 Å². The van der Waals surface area contributed by atoms with E-state index in [1.165, 1.54) is 0 Å². The van der Waals surface area contributed by atoms with E-state index in [1.807, 2.05) is 27.9 Å². The van der Waals surface area contributed by atoms with Gasteiger partial charge in [0.15, 0.2) is 5.78 Å². The van der Waals surface area contributed by atoms with Crippen molar-refractivity contribution in [2.24, 2.45) is 62.6 Å². The average molecular weight is 657 g/mol. The molecule has 2 bridgehead atoms. The number of ether oxygens (including phenoxy) is 4. The second kappa shape index (κ2) is 13.1. The van der Waals surface area contributed by atoms with Crippen LogP contribution in [0.2, 0.25) is 0 Å². The van der Waals surface area contributed by atoms with E-state index in [-0.39, 0.29) is 62.9 Å². The van der Waals surface area contributed by atoms with Gasteiger partial charge in [-0.1, -0.05) is 87.3 Å². The minimum absolute atomic E-state index is 0.0290. The first-order valence-electron chi connectivity index (χ1n) is 19.2. The molecule has 268 valence electrons. The number of allylic oxidation sites excluding steroid dienone is 1. The summed E-state index contributed by atoms with van der Waals surface area (Å²) < 4.78 is 25.8. The molecule has 47 heavy (non-hydrogen) atoms. The zero-order chi connectivity index (χ0) is 34.7. The summed E-state index contributed by atoms with van der Waals surface area (Å²) in [6, 6.07) is 0. The molecule has 4 aliphatic carbocycles. The Morgan fingerprint density at radius 3 is 2.30 bits per heavy atom. The van der Waals surface area contributed by atoms with Crippen molar-refractivity contribution in [1.29, 1.82) is 0 Å². The van der Waals surface area contributed by atoms with Crippen LogP contribution in [0.15, 0.2) is 11.6 Å². The van der Waals surface area contributed by atoms with E-state index in [9.17, 15) is 9.59 Å². The molecule has 5 aliphatic rings. The van der Waals surface area contributed by atoms with Crippen LogP contribution in [-0.4, -0.2) is 57.0 Å². The predicted molar refractivity (Wildman–Crippen MR) is 187 cm³/mol. The molecular formula is C41H68O6. The lowest BCUT2D eigenvalue weighted by molar-refractivity contribution is -0.272. The van der Waals surface area contributed by atoms with Crippen LogP contribution in [-0.2, 0) is 28.5 Å². The molecule has 1 unspecified atom stereocenters. The molecule has 0 radical (unpaired) electrons. The van der Waals surface area contributed by atoms with E-state index in [0.29, 0.717) is 43.5 Å². The minimum atomic E-state index is -0.479. The molecule has 6 heteroatoms. The first-order chi connectivity index (χ1) is 22.0. The fourth-order valence-corrected chi connectivity index (χ4v) is 12.2. The number of methoxy groups -OCH3 is 1. The zero-order valence-electron chi connectivity index (χ0n) is 32.0. The minimum Gasteiger partial charge on any atom is -0.465 e. The number of Topliss-reactive ketones (excluding diaryl/α,β-unsaturated/α-hetero) is 1. The lowest BCUT2D eigenvalue weighted by atomic mass is 9.34. The Morgan fingerprint density at radius 1 is 0.979 bits per heavy atom. The third-order valence-electron chi connectivity index (χ3n) is 15.4. The van der Waals surface area contributed by atoms with Crippen molar-refractivity contribution in [2.75, 3.05) is 26.9 Å². The largest absolute Gasteiger partial charge is 0.465 e. The van der Waals surface area contributed by atoms with Gasteiger partial charge in [0.1, 0.15) is 6.10 Å². The van der Waals surface area contributed by atoms with Gasteiger partial charge in [-0.05, 0) is 91.8 Å². The number of rotatable bonds is 11. The van der Waals surface area contributed by atoms with Gasteiger partial charge in [-0.25, -0.2) is 0 Å². The van der Waals surface area contributed by atoms with Crippen molar-refractivity contribution in [3.63, 3.8) is 0 Å². The molecular weight excluding hydrogens is 588 g/mol. The van der Waals surface area contributed by atoms with E-state index >= 15 is 0 Å². The lowest BCUT2D eigenvalue weighted by Gasteiger charge is -2.71. The summed E-state index contributed by atoms with van der Waals surface area (Å²) in [4.78, 5) is 27.4. The Balaban J connectivity index is 1.56. The van der Waals surface area contributed by atoms with Crippen LogP contribution in [0.5, 0.6) is 0 Å². The topological polar surface area (TPSA) is 71.1 Å². The highest BCUT2D eigenvalue weighted by atomic mass is 16.6. The fourth-order valence-electron chi connectivity index (χ4n) is 12.2. The highest BCUT2D eigenvalue weighted by Crippen LogP contribution is 2.75. The Labute approximate surface area is 286 Å². The summed E-state index contributed by atoms with van der Waals surface area (Å²) in [5.41, 5.74) is 0.791. The van der Waals surface area contributed by atoms with Gasteiger partial charge < -0.3 is 18.9 Å². The number of fused-ring (bicyclic) bond motifs is 3. The molecule has 1 heterocycles. The number of esters is 1. The van der Waals surface area contributed by atoms with Gasteiger partial charge in [-0.3, -0.25) is 9.59 Å². The maximum absolute atomic E-state index is 14.4. The Hall–Kier alpha value is -1.24. The SMILES string of the molecule is CCCCOC(=O)[C@@H]1[C@@](C)([C@H](C)C(C)C)CC[C@]2(C)[C@H]3CC[C@@H]4[C@@]5(COC[C@]4(C)[C@@H](OC(C)C(=O)C(C)C)[C@H](OC)C5)C3=CC[C@@]12C. The highest BCUT2D eigenvalue weighted by molar-refractivity contribution is 5.84. The summed E-state index contributed by atoms with van der Waals surface area (Å²) in [5.74, 6) is 1.61. The van der Waals surface area contributed by atoms with Gasteiger partial charge in [-0.15, -0.1) is 0 Å². The van der Waals surface area contributed by atoms with Crippen molar-refractivity contribution in [1.82, 2.24) is 0 Å². The summed E-state index contributed by atoms with van der Waals surface area (Å²) >= 11 is 0. The van der Waals surface area contributed by atoms with Crippen LogP contribution in [0.1, 0.15) is 128 Å². The normalized spacial score (nSPS) is 44.1. The van der Waals surface area contributed by atoms with Gasteiger partial charge in [0.25, 0.3) is 0 Å². The quantitative estimate of drug-likeness (QED) is 0.126. The molecule has 1 saturated heterocycles. The summed E-state index contributed by atoms with van der Waals surface area (Å²) in [7, 11) is 1.81. The molecule has 1 aliphatic heterocycles. The first-order valence-corrected chi connectivity index (χ1v) is 19.2. The van der Waals surface area contributed by atoms with E-state index < -0.39 is 6.10 Å². The van der Waals surface area contributed by atoms with Crippen LogP contribution < -0.4 is 0 Å². The van der Waals surface area contributed by atoms with E-state index in [0.717, 1.165) is 51.4 Å². The maximum Gasteiger partial charge on any atom is 0.310 e. The number of hydrogen-bond donors (Lipinski definition) is 0. The monoisotopic (exact) mass is 657 g/mol. The molecule has 0 spiro atoms. The summed E-state index contributed by atoms with van der Waals surface area (Å²) in [6.45, 7) is 26.5. The first kappa shape index (κ1) is 37.0. The molecule has 12 atom stereocenters. The molecule has 4 fully saturated rings. The summed E-state index contributed by atoms with van der Waals surface area (Å²) in [6.07, 6.45) is 9.79. The van der Waals surface area contributed by atoms with Gasteiger partial charge in [0, 0.05) is 23.9 Å². The number of unbranched alkanes of at least 4 members (excludes halogenated alkanes) is 1. The second-order valence-corrected chi connectivity index (χ2v) is 18.3. The predicted octanol–water partition coefficient (Wildman–Crippen LogP) is 8.85. The molecule has 0 aromatic heterocycles. The molecule has 0 aromatic carbocycles. The van der Waals surface area contributed by atoms with Crippen molar-refractivity contribution < 1.29 is 28.5 Å². The van der Waals surface area contributed by atoms with Crippen molar-refractivity contribution in [3.8, 4) is 0 Å². The number of carbonyl (C=O) groups excluding carboxylic acids is 2. The van der Waals surface area contributed by atoms with Gasteiger partial charge in [-0.2, -0.15) is 0 Å². The number of carbonyl (C=O) groups is 2. The van der Waals surface area contributed by atoms with Gasteiger partial charge in [0.05, 0.1) is 37.9 Å². The molecule has 0 amide bonds. The highest BCUT2D eigenvalue weighted by Gasteiger charge is 2.72. The summed E-state index contributed by atoms with van der Waals surface area (Å²) in [5, 5.41) is 0. The Bertz CT molecular complexity index is 1210. The molecule has 6 nitrogen and oxygen atoms in total. The van der Waals surface area contributed by atoms with E-state index in [2.05, 4.69) is 61.5 Å². The van der Waals surface area contributed by atoms with Crippen LogP contribution in [0.4, 0.5) is 0 Å². The van der Waals surface area contributed by atoms with Crippen LogP contribution in [0, 0.1) is 62.6 Å². The average Bonchev–Trinajstić information content (AvgIpc) is 3.01. The van der Waals surface area contributed by atoms with Crippen molar-refractivity contribution in [2.45, 2.75) is 146 Å². The Morgan fingerprint density at radius 2 is 1.68 bits per heavy atom. The lowest BCUT2D eigenvalue weighted by Crippen LogP contribution is -2.70. The second-order valence-electron chi connectivity index (χ2n) is 18.3. The van der Waals surface area contributed by atoms with E-state index in [1.54, 1.807) is 5.57 Å². The van der Waals surface area contributed by atoms with Crippen LogP contribution in [0.25, 0.3) is 0 Å². The van der Waals surface area contributed by atoms with E-state index in [4.69, 9.17) is 18.9 Å². The standard InChI is InChI=1S/C41H68O6/c1-13-14-21-46-36(43)34-37(8,27(6)25(2)3)19-20-39(10)29-15-16-32-38(9)23-45-24-41(32,30(29)17-18-40(34,39)11)22-31(44-12)35(38)47-28(7)33(42)26(4)5/h17,25-29,31-32,34-35H,13-16,18-24H2,1-12H3/t27-,28?,29+,31-,32+,34-,35+,37-,38+,39-,40+,41+/m1/s1. The van der Waals surface area contributed by atoms with Gasteiger partial charge in [0.2, 0.25) is 0 Å². The smallest absolute Gasteiger partial charge is 0.310 e. The maximum atomic E-state index is 14.4. The Kier molecular flexibility index (Phi) is 10.4. The number of hydrogen-bond acceptors (Lipinski definition) is 6.